The van der Waals surface area contributed by atoms with Gasteiger partial charge in [0.05, 0.1) is 0 Å². The van der Waals surface area contributed by atoms with Crippen molar-refractivity contribution in [2.24, 2.45) is 0 Å². The summed E-state index contributed by atoms with van der Waals surface area (Å²) in [5.41, 5.74) is 1.37. The second-order valence-corrected chi connectivity index (χ2v) is 4.28. The largest absolute Gasteiger partial charge is 0.302 e. The Balaban J connectivity index is 2.53. The molecule has 0 amide bonds. The van der Waals surface area contributed by atoms with Gasteiger partial charge in [-0.25, -0.2) is 0 Å². The van der Waals surface area contributed by atoms with E-state index in [-0.39, 0.29) is 0 Å². The van der Waals surface area contributed by atoms with Crippen molar-refractivity contribution in [1.29, 1.82) is 0 Å². The minimum Gasteiger partial charge on any atom is -0.302 e. The van der Waals surface area contributed by atoms with Crippen LogP contribution in [0.15, 0.2) is 28.7 Å². The molecule has 0 radical (unpaired) electrons. The Kier molecular flexibility index (Phi) is 4.46. The third kappa shape index (κ3) is 3.92. The number of halogens is 1. The predicted molar refractivity (Wildman–Crippen MR) is 60.8 cm³/mol. The van der Waals surface area contributed by atoms with E-state index < -0.39 is 0 Å². The highest BCUT2D eigenvalue weighted by atomic mass is 79.9. The van der Waals surface area contributed by atoms with Gasteiger partial charge in [-0.1, -0.05) is 35.0 Å². The first-order chi connectivity index (χ1) is 6.22. The van der Waals surface area contributed by atoms with E-state index in [0.717, 1.165) is 17.6 Å². The van der Waals surface area contributed by atoms with Crippen LogP contribution in [0.5, 0.6) is 0 Å². The lowest BCUT2D eigenvalue weighted by Gasteiger charge is -2.15. The van der Waals surface area contributed by atoms with Crippen LogP contribution in [0.4, 0.5) is 0 Å². The molecular weight excluding hydrogens is 226 g/mol. The van der Waals surface area contributed by atoms with Crippen molar-refractivity contribution in [2.45, 2.75) is 19.9 Å². The van der Waals surface area contributed by atoms with Crippen molar-refractivity contribution < 1.29 is 0 Å². The molecule has 0 heterocycles. The molecule has 1 rings (SSSR count). The summed E-state index contributed by atoms with van der Waals surface area (Å²) in [7, 11) is 2.16. The van der Waals surface area contributed by atoms with E-state index in [4.69, 9.17) is 0 Å². The number of hydrogen-bond donors (Lipinski definition) is 0. The summed E-state index contributed by atoms with van der Waals surface area (Å²) in [5, 5.41) is 0. The number of hydrogen-bond acceptors (Lipinski definition) is 1. The zero-order valence-electron chi connectivity index (χ0n) is 8.26. The summed E-state index contributed by atoms with van der Waals surface area (Å²) >= 11 is 3.47. The Bertz CT molecular complexity index is 260. The first kappa shape index (κ1) is 10.7. The van der Waals surface area contributed by atoms with Crippen LogP contribution in [0.2, 0.25) is 0 Å². The maximum absolute atomic E-state index is 3.47. The number of benzene rings is 1. The molecule has 0 unspecified atom stereocenters. The van der Waals surface area contributed by atoms with Crippen LogP contribution in [0, 0.1) is 0 Å². The van der Waals surface area contributed by atoms with Gasteiger partial charge < -0.3 is 4.90 Å². The Labute approximate surface area is 88.9 Å². The lowest BCUT2D eigenvalue weighted by atomic mass is 10.2. The molecule has 0 spiro atoms. The molecule has 0 saturated heterocycles. The Morgan fingerprint density at radius 2 is 2.15 bits per heavy atom. The van der Waals surface area contributed by atoms with Crippen LogP contribution in [0.25, 0.3) is 0 Å². The molecule has 0 aromatic heterocycles. The van der Waals surface area contributed by atoms with Crippen LogP contribution < -0.4 is 0 Å². The molecule has 0 N–H and O–H groups in total. The van der Waals surface area contributed by atoms with Crippen molar-refractivity contribution in [2.75, 3.05) is 13.6 Å². The first-order valence-electron chi connectivity index (χ1n) is 4.65. The molecule has 0 aliphatic heterocycles. The Morgan fingerprint density at radius 3 is 2.77 bits per heavy atom. The molecule has 0 aliphatic rings. The summed E-state index contributed by atoms with van der Waals surface area (Å²) < 4.78 is 1.16. The molecule has 0 saturated carbocycles. The topological polar surface area (TPSA) is 3.24 Å². The van der Waals surface area contributed by atoms with Crippen LogP contribution in [-0.2, 0) is 6.54 Å². The highest BCUT2D eigenvalue weighted by molar-refractivity contribution is 9.10. The molecule has 1 nitrogen and oxygen atoms in total. The smallest absolute Gasteiger partial charge is 0.0231 e. The SMILES string of the molecule is CCCN(C)Cc1cccc(Br)c1. The molecule has 0 bridgehead atoms. The van der Waals surface area contributed by atoms with Gasteiger partial charge in [0.15, 0.2) is 0 Å². The average Bonchev–Trinajstić information content (AvgIpc) is 2.04. The van der Waals surface area contributed by atoms with Crippen molar-refractivity contribution in [3.63, 3.8) is 0 Å². The summed E-state index contributed by atoms with van der Waals surface area (Å²) in [6, 6.07) is 8.48. The zero-order chi connectivity index (χ0) is 9.68. The van der Waals surface area contributed by atoms with E-state index in [9.17, 15) is 0 Å². The highest BCUT2D eigenvalue weighted by Gasteiger charge is 1.98. The summed E-state index contributed by atoms with van der Waals surface area (Å²) in [6.45, 7) is 4.40. The minimum absolute atomic E-state index is 1.03. The van der Waals surface area contributed by atoms with Crippen LogP contribution in [0.1, 0.15) is 18.9 Å². The quantitative estimate of drug-likeness (QED) is 0.783. The maximum Gasteiger partial charge on any atom is 0.0231 e. The molecule has 1 aromatic rings. The summed E-state index contributed by atoms with van der Waals surface area (Å²) in [6.07, 6.45) is 1.21. The van der Waals surface area contributed by atoms with Gasteiger partial charge in [-0.05, 0) is 37.7 Å². The van der Waals surface area contributed by atoms with Gasteiger partial charge in [-0.3, -0.25) is 0 Å². The van der Waals surface area contributed by atoms with Gasteiger partial charge >= 0.3 is 0 Å². The molecular formula is C11H16BrN. The molecule has 72 valence electrons. The fourth-order valence-corrected chi connectivity index (χ4v) is 1.85. The van der Waals surface area contributed by atoms with Gasteiger partial charge in [0.2, 0.25) is 0 Å². The lowest BCUT2D eigenvalue weighted by Crippen LogP contribution is -2.18. The van der Waals surface area contributed by atoms with Crippen molar-refractivity contribution >= 4 is 15.9 Å². The van der Waals surface area contributed by atoms with Crippen LogP contribution in [-0.4, -0.2) is 18.5 Å². The van der Waals surface area contributed by atoms with Gasteiger partial charge in [-0.15, -0.1) is 0 Å². The monoisotopic (exact) mass is 241 g/mol. The summed E-state index contributed by atoms with van der Waals surface area (Å²) in [4.78, 5) is 2.34. The van der Waals surface area contributed by atoms with Crippen molar-refractivity contribution in [3.05, 3.63) is 34.3 Å². The van der Waals surface area contributed by atoms with E-state index in [1.165, 1.54) is 12.0 Å². The lowest BCUT2D eigenvalue weighted by molar-refractivity contribution is 0.327. The molecule has 2 heteroatoms. The normalized spacial score (nSPS) is 10.8. The zero-order valence-corrected chi connectivity index (χ0v) is 9.84. The molecule has 0 atom stereocenters. The predicted octanol–water partition coefficient (Wildman–Crippen LogP) is 3.29. The second kappa shape index (κ2) is 5.40. The van der Waals surface area contributed by atoms with E-state index in [1.54, 1.807) is 0 Å². The number of rotatable bonds is 4. The molecule has 0 aliphatic carbocycles. The summed E-state index contributed by atoms with van der Waals surface area (Å²) in [5.74, 6) is 0. The third-order valence-corrected chi connectivity index (χ3v) is 2.44. The fraction of sp³-hybridized carbons (Fsp3) is 0.455. The highest BCUT2D eigenvalue weighted by Crippen LogP contribution is 2.12. The van der Waals surface area contributed by atoms with Gasteiger partial charge in [0, 0.05) is 11.0 Å². The van der Waals surface area contributed by atoms with E-state index in [0.29, 0.717) is 0 Å². The minimum atomic E-state index is 1.03. The van der Waals surface area contributed by atoms with Crippen molar-refractivity contribution in [1.82, 2.24) is 4.90 Å². The van der Waals surface area contributed by atoms with Crippen LogP contribution >= 0.6 is 15.9 Å². The second-order valence-electron chi connectivity index (χ2n) is 3.37. The Hall–Kier alpha value is -0.340. The van der Waals surface area contributed by atoms with Crippen molar-refractivity contribution in [3.8, 4) is 0 Å². The van der Waals surface area contributed by atoms with E-state index in [1.807, 2.05) is 0 Å². The van der Waals surface area contributed by atoms with Gasteiger partial charge in [0.25, 0.3) is 0 Å². The number of nitrogens with zero attached hydrogens (tertiary/aromatic N) is 1. The molecule has 1 aromatic carbocycles. The average molecular weight is 242 g/mol. The van der Waals surface area contributed by atoms with E-state index in [2.05, 4.69) is 59.1 Å². The molecule has 13 heavy (non-hydrogen) atoms. The fourth-order valence-electron chi connectivity index (χ4n) is 1.41. The van der Waals surface area contributed by atoms with Crippen LogP contribution in [0.3, 0.4) is 0 Å². The van der Waals surface area contributed by atoms with E-state index >= 15 is 0 Å². The first-order valence-corrected chi connectivity index (χ1v) is 5.44. The third-order valence-electron chi connectivity index (χ3n) is 1.95. The Morgan fingerprint density at radius 1 is 1.38 bits per heavy atom. The standard InChI is InChI=1S/C11H16BrN/c1-3-7-13(2)9-10-5-4-6-11(12)8-10/h4-6,8H,3,7,9H2,1-2H3. The van der Waals surface area contributed by atoms with Gasteiger partial charge in [0.1, 0.15) is 0 Å². The molecule has 0 fully saturated rings. The van der Waals surface area contributed by atoms with Gasteiger partial charge in [-0.2, -0.15) is 0 Å². The maximum atomic E-state index is 3.47.